The van der Waals surface area contributed by atoms with Gasteiger partial charge < -0.3 is 5.32 Å². The molecule has 1 nitrogen and oxygen atoms in total. The molecular formula is C12H23N. The van der Waals surface area contributed by atoms with Gasteiger partial charge in [0.15, 0.2) is 0 Å². The highest BCUT2D eigenvalue weighted by atomic mass is 14.9. The molecule has 0 saturated heterocycles. The van der Waals surface area contributed by atoms with Crippen LogP contribution < -0.4 is 5.32 Å². The molecule has 1 saturated carbocycles. The van der Waals surface area contributed by atoms with Crippen molar-refractivity contribution in [2.75, 3.05) is 7.05 Å². The molecule has 3 atom stereocenters. The summed E-state index contributed by atoms with van der Waals surface area (Å²) in [6, 6.07) is 0.702. The van der Waals surface area contributed by atoms with Crippen molar-refractivity contribution in [1.29, 1.82) is 0 Å². The lowest BCUT2D eigenvalue weighted by atomic mass is 9.94. The van der Waals surface area contributed by atoms with Gasteiger partial charge in [0.05, 0.1) is 0 Å². The molecule has 1 aliphatic rings. The van der Waals surface area contributed by atoms with E-state index in [1.807, 2.05) is 0 Å². The van der Waals surface area contributed by atoms with Crippen molar-refractivity contribution in [2.24, 2.45) is 11.8 Å². The average molecular weight is 181 g/mol. The van der Waals surface area contributed by atoms with Crippen molar-refractivity contribution in [3.8, 4) is 0 Å². The zero-order chi connectivity index (χ0) is 9.84. The largest absolute Gasteiger partial charge is 0.317 e. The van der Waals surface area contributed by atoms with Crippen LogP contribution in [0.1, 0.15) is 39.5 Å². The Morgan fingerprint density at radius 1 is 1.54 bits per heavy atom. The van der Waals surface area contributed by atoms with Gasteiger partial charge in [0, 0.05) is 6.04 Å². The third-order valence-electron chi connectivity index (χ3n) is 3.56. The van der Waals surface area contributed by atoms with Crippen LogP contribution in [0.2, 0.25) is 0 Å². The SMILES string of the molecule is C=C1CC(C(CC)NC)CC1CC. The van der Waals surface area contributed by atoms with Gasteiger partial charge in [-0.05, 0) is 44.6 Å². The highest BCUT2D eigenvalue weighted by Crippen LogP contribution is 2.38. The maximum atomic E-state index is 4.18. The van der Waals surface area contributed by atoms with Crippen molar-refractivity contribution in [1.82, 2.24) is 5.32 Å². The molecule has 1 fully saturated rings. The fourth-order valence-corrected chi connectivity index (χ4v) is 2.65. The fourth-order valence-electron chi connectivity index (χ4n) is 2.65. The molecule has 0 bridgehead atoms. The van der Waals surface area contributed by atoms with E-state index in [4.69, 9.17) is 0 Å². The molecule has 0 radical (unpaired) electrons. The second-order valence-corrected chi connectivity index (χ2v) is 4.27. The summed E-state index contributed by atoms with van der Waals surface area (Å²) in [5.41, 5.74) is 1.49. The molecule has 0 heterocycles. The molecule has 0 spiro atoms. The number of nitrogens with one attached hydrogen (secondary N) is 1. The predicted octanol–water partition coefficient (Wildman–Crippen LogP) is 2.98. The summed E-state index contributed by atoms with van der Waals surface area (Å²) < 4.78 is 0. The first-order chi connectivity index (χ1) is 6.22. The van der Waals surface area contributed by atoms with Gasteiger partial charge in [-0.2, -0.15) is 0 Å². The van der Waals surface area contributed by atoms with Gasteiger partial charge in [-0.1, -0.05) is 26.0 Å². The van der Waals surface area contributed by atoms with Crippen LogP contribution in [0.25, 0.3) is 0 Å². The molecule has 0 aromatic carbocycles. The second-order valence-electron chi connectivity index (χ2n) is 4.27. The van der Waals surface area contributed by atoms with Crippen LogP contribution in [0.15, 0.2) is 12.2 Å². The summed E-state index contributed by atoms with van der Waals surface area (Å²) in [5, 5.41) is 3.42. The lowest BCUT2D eigenvalue weighted by Crippen LogP contribution is -2.31. The maximum absolute atomic E-state index is 4.18. The zero-order valence-corrected chi connectivity index (χ0v) is 9.27. The van der Waals surface area contributed by atoms with E-state index in [2.05, 4.69) is 32.8 Å². The third-order valence-corrected chi connectivity index (χ3v) is 3.56. The van der Waals surface area contributed by atoms with Gasteiger partial charge >= 0.3 is 0 Å². The molecule has 0 amide bonds. The Labute approximate surface area is 82.6 Å². The van der Waals surface area contributed by atoms with Crippen LogP contribution in [0.4, 0.5) is 0 Å². The molecule has 1 heteroatoms. The van der Waals surface area contributed by atoms with E-state index < -0.39 is 0 Å². The predicted molar refractivity (Wildman–Crippen MR) is 58.8 cm³/mol. The summed E-state index contributed by atoms with van der Waals surface area (Å²) in [6.07, 6.45) is 5.12. The van der Waals surface area contributed by atoms with Crippen LogP contribution in [0.5, 0.6) is 0 Å². The first-order valence-corrected chi connectivity index (χ1v) is 5.57. The highest BCUT2D eigenvalue weighted by Gasteiger charge is 2.30. The smallest absolute Gasteiger partial charge is 0.00929 e. The summed E-state index contributed by atoms with van der Waals surface area (Å²) >= 11 is 0. The molecule has 1 N–H and O–H groups in total. The standard InChI is InChI=1S/C12H23N/c1-5-10-8-11(7-9(10)3)12(6-2)13-4/h10-13H,3,5-8H2,1-2,4H3. The van der Waals surface area contributed by atoms with Crippen molar-refractivity contribution >= 4 is 0 Å². The Hall–Kier alpha value is -0.300. The molecule has 0 aromatic heterocycles. The van der Waals surface area contributed by atoms with Gasteiger partial charge in [-0.3, -0.25) is 0 Å². The Bertz CT molecular complexity index is 170. The average Bonchev–Trinajstić information content (AvgIpc) is 2.49. The Morgan fingerprint density at radius 2 is 2.23 bits per heavy atom. The van der Waals surface area contributed by atoms with E-state index in [0.29, 0.717) is 6.04 Å². The molecule has 76 valence electrons. The highest BCUT2D eigenvalue weighted by molar-refractivity contribution is 5.09. The Kier molecular flexibility index (Phi) is 3.98. The fraction of sp³-hybridized carbons (Fsp3) is 0.833. The van der Waals surface area contributed by atoms with Crippen molar-refractivity contribution in [3.05, 3.63) is 12.2 Å². The molecule has 1 aliphatic carbocycles. The Morgan fingerprint density at radius 3 is 2.62 bits per heavy atom. The van der Waals surface area contributed by atoms with Crippen molar-refractivity contribution < 1.29 is 0 Å². The third kappa shape index (κ3) is 2.34. The van der Waals surface area contributed by atoms with Crippen molar-refractivity contribution in [3.63, 3.8) is 0 Å². The van der Waals surface area contributed by atoms with E-state index in [9.17, 15) is 0 Å². The number of hydrogen-bond donors (Lipinski definition) is 1. The van der Waals surface area contributed by atoms with Gasteiger partial charge in [0.2, 0.25) is 0 Å². The second kappa shape index (κ2) is 4.80. The topological polar surface area (TPSA) is 12.0 Å². The minimum atomic E-state index is 0.702. The zero-order valence-electron chi connectivity index (χ0n) is 9.27. The van der Waals surface area contributed by atoms with Gasteiger partial charge in [-0.25, -0.2) is 0 Å². The number of hydrogen-bond acceptors (Lipinski definition) is 1. The molecular weight excluding hydrogens is 158 g/mol. The molecule has 13 heavy (non-hydrogen) atoms. The van der Waals surface area contributed by atoms with E-state index in [1.54, 1.807) is 0 Å². The molecule has 3 unspecified atom stereocenters. The van der Waals surface area contributed by atoms with Crippen LogP contribution in [0, 0.1) is 11.8 Å². The molecule has 1 rings (SSSR count). The van der Waals surface area contributed by atoms with Gasteiger partial charge in [0.25, 0.3) is 0 Å². The minimum Gasteiger partial charge on any atom is -0.317 e. The Balaban J connectivity index is 2.51. The van der Waals surface area contributed by atoms with Crippen LogP contribution in [-0.4, -0.2) is 13.1 Å². The first-order valence-electron chi connectivity index (χ1n) is 5.57. The molecule has 0 aliphatic heterocycles. The van der Waals surface area contributed by atoms with E-state index >= 15 is 0 Å². The monoisotopic (exact) mass is 181 g/mol. The first kappa shape index (κ1) is 10.8. The maximum Gasteiger partial charge on any atom is 0.00929 e. The van der Waals surface area contributed by atoms with Crippen LogP contribution in [-0.2, 0) is 0 Å². The quantitative estimate of drug-likeness (QED) is 0.657. The van der Waals surface area contributed by atoms with Gasteiger partial charge in [0.1, 0.15) is 0 Å². The summed E-state index contributed by atoms with van der Waals surface area (Å²) in [5.74, 6) is 1.64. The minimum absolute atomic E-state index is 0.702. The summed E-state index contributed by atoms with van der Waals surface area (Å²) in [4.78, 5) is 0. The molecule has 0 aromatic rings. The van der Waals surface area contributed by atoms with Crippen LogP contribution >= 0.6 is 0 Å². The number of rotatable bonds is 4. The van der Waals surface area contributed by atoms with Gasteiger partial charge in [-0.15, -0.1) is 0 Å². The van der Waals surface area contributed by atoms with E-state index in [1.165, 1.54) is 31.3 Å². The number of allylic oxidation sites excluding steroid dienone is 1. The lowest BCUT2D eigenvalue weighted by molar-refractivity contribution is 0.355. The van der Waals surface area contributed by atoms with E-state index in [0.717, 1.165) is 11.8 Å². The van der Waals surface area contributed by atoms with E-state index in [-0.39, 0.29) is 0 Å². The summed E-state index contributed by atoms with van der Waals surface area (Å²) in [6.45, 7) is 8.72. The summed E-state index contributed by atoms with van der Waals surface area (Å²) in [7, 11) is 2.08. The van der Waals surface area contributed by atoms with Crippen LogP contribution in [0.3, 0.4) is 0 Å². The lowest BCUT2D eigenvalue weighted by Gasteiger charge is -2.21. The normalized spacial score (nSPS) is 30.8. The van der Waals surface area contributed by atoms with Crippen molar-refractivity contribution in [2.45, 2.75) is 45.6 Å².